The van der Waals surface area contributed by atoms with Crippen molar-refractivity contribution >= 4 is 33.2 Å². The molecule has 0 unspecified atom stereocenters. The summed E-state index contributed by atoms with van der Waals surface area (Å²) in [5.41, 5.74) is 3.85. The molecular formula is C19H13ClN2OS. The lowest BCUT2D eigenvalue weighted by molar-refractivity contribution is 0.750. The molecule has 2 aromatic heterocycles. The van der Waals surface area contributed by atoms with Crippen LogP contribution in [-0.4, -0.2) is 9.55 Å². The predicted octanol–water partition coefficient (Wildman–Crippen LogP) is 4.83. The van der Waals surface area contributed by atoms with E-state index in [0.29, 0.717) is 16.3 Å². The zero-order chi connectivity index (χ0) is 16.5. The van der Waals surface area contributed by atoms with E-state index in [1.807, 2.05) is 60.0 Å². The molecule has 2 aromatic carbocycles. The van der Waals surface area contributed by atoms with Crippen LogP contribution in [0.4, 0.5) is 0 Å². The number of rotatable bonds is 3. The Morgan fingerprint density at radius 1 is 1.04 bits per heavy atom. The smallest absolute Gasteiger partial charge is 0.271 e. The van der Waals surface area contributed by atoms with E-state index in [0.717, 1.165) is 22.2 Å². The Hall–Kier alpha value is -2.43. The lowest BCUT2D eigenvalue weighted by Crippen LogP contribution is -2.20. The molecule has 3 nitrogen and oxygen atoms in total. The molecule has 0 aliphatic carbocycles. The number of hydrogen-bond acceptors (Lipinski definition) is 3. The number of halogens is 1. The van der Waals surface area contributed by atoms with E-state index >= 15 is 0 Å². The number of hydrogen-bond donors (Lipinski definition) is 0. The van der Waals surface area contributed by atoms with Crippen molar-refractivity contribution in [2.24, 2.45) is 0 Å². The maximum absolute atomic E-state index is 12.8. The summed E-state index contributed by atoms with van der Waals surface area (Å²) in [6.45, 7) is 0.484. The first kappa shape index (κ1) is 15.1. The molecule has 24 heavy (non-hydrogen) atoms. The Morgan fingerprint density at radius 2 is 1.79 bits per heavy atom. The maximum Gasteiger partial charge on any atom is 0.271 e. The van der Waals surface area contributed by atoms with Crippen molar-refractivity contribution in [2.45, 2.75) is 6.54 Å². The molecule has 0 radical (unpaired) electrons. The normalized spacial score (nSPS) is 11.0. The maximum atomic E-state index is 12.8. The molecule has 5 heteroatoms. The molecule has 0 bridgehead atoms. The summed E-state index contributed by atoms with van der Waals surface area (Å²) < 4.78 is 2.32. The third-order valence-electron chi connectivity index (χ3n) is 3.90. The van der Waals surface area contributed by atoms with Gasteiger partial charge in [-0.15, -0.1) is 11.3 Å². The minimum Gasteiger partial charge on any atom is -0.294 e. The van der Waals surface area contributed by atoms with Gasteiger partial charge in [-0.2, -0.15) is 0 Å². The van der Waals surface area contributed by atoms with E-state index in [1.54, 1.807) is 10.9 Å². The molecule has 2 heterocycles. The zero-order valence-electron chi connectivity index (χ0n) is 12.6. The number of nitrogens with zero attached hydrogens (tertiary/aromatic N) is 2. The molecule has 0 atom stereocenters. The monoisotopic (exact) mass is 352 g/mol. The second kappa shape index (κ2) is 6.23. The topological polar surface area (TPSA) is 34.9 Å². The minimum atomic E-state index is -0.0119. The van der Waals surface area contributed by atoms with E-state index in [1.165, 1.54) is 11.3 Å². The first-order valence-corrected chi connectivity index (χ1v) is 8.74. The fourth-order valence-electron chi connectivity index (χ4n) is 2.66. The Balaban J connectivity index is 1.77. The average Bonchev–Trinajstić information content (AvgIpc) is 3.05. The Kier molecular flexibility index (Phi) is 3.92. The summed E-state index contributed by atoms with van der Waals surface area (Å²) in [5.74, 6) is 0. The van der Waals surface area contributed by atoms with E-state index in [-0.39, 0.29) is 5.56 Å². The van der Waals surface area contributed by atoms with Crippen molar-refractivity contribution in [2.75, 3.05) is 0 Å². The van der Waals surface area contributed by atoms with Crippen molar-refractivity contribution in [3.05, 3.63) is 87.2 Å². The molecule has 0 N–H and O–H groups in total. The van der Waals surface area contributed by atoms with E-state index in [4.69, 9.17) is 11.6 Å². The van der Waals surface area contributed by atoms with Gasteiger partial charge in [0, 0.05) is 16.0 Å². The van der Waals surface area contributed by atoms with Crippen molar-refractivity contribution in [1.82, 2.24) is 9.55 Å². The molecule has 0 amide bonds. The fraction of sp³-hybridized carbons (Fsp3) is 0.0526. The second-order valence-electron chi connectivity index (χ2n) is 5.50. The highest BCUT2D eigenvalue weighted by Crippen LogP contribution is 2.30. The summed E-state index contributed by atoms with van der Waals surface area (Å²) in [5, 5.41) is 2.69. The van der Waals surface area contributed by atoms with Gasteiger partial charge < -0.3 is 0 Å². The van der Waals surface area contributed by atoms with Gasteiger partial charge in [0.05, 0.1) is 18.4 Å². The van der Waals surface area contributed by atoms with E-state index in [2.05, 4.69) is 4.98 Å². The average molecular weight is 353 g/mol. The van der Waals surface area contributed by atoms with E-state index < -0.39 is 0 Å². The van der Waals surface area contributed by atoms with Crippen LogP contribution in [-0.2, 0) is 6.54 Å². The first-order chi connectivity index (χ1) is 11.7. The van der Waals surface area contributed by atoms with Crippen LogP contribution >= 0.6 is 22.9 Å². The molecule has 4 aromatic rings. The van der Waals surface area contributed by atoms with Crippen molar-refractivity contribution < 1.29 is 0 Å². The van der Waals surface area contributed by atoms with Crippen LogP contribution in [0.3, 0.4) is 0 Å². The Bertz CT molecular complexity index is 1050. The summed E-state index contributed by atoms with van der Waals surface area (Å²) in [6.07, 6.45) is 1.62. The van der Waals surface area contributed by atoms with Gasteiger partial charge in [0.2, 0.25) is 0 Å². The molecule has 4 rings (SSSR count). The Morgan fingerprint density at radius 3 is 2.54 bits per heavy atom. The zero-order valence-corrected chi connectivity index (χ0v) is 14.2. The highest BCUT2D eigenvalue weighted by atomic mass is 35.5. The summed E-state index contributed by atoms with van der Waals surface area (Å²) in [7, 11) is 0. The first-order valence-electron chi connectivity index (χ1n) is 7.49. The lowest BCUT2D eigenvalue weighted by Gasteiger charge is -2.06. The van der Waals surface area contributed by atoms with Crippen molar-refractivity contribution in [3.63, 3.8) is 0 Å². The summed E-state index contributed by atoms with van der Waals surface area (Å²) in [4.78, 5) is 17.3. The number of benzene rings is 2. The van der Waals surface area contributed by atoms with Gasteiger partial charge >= 0.3 is 0 Å². The molecule has 118 valence electrons. The highest BCUT2D eigenvalue weighted by Gasteiger charge is 2.12. The van der Waals surface area contributed by atoms with Gasteiger partial charge in [-0.3, -0.25) is 9.36 Å². The molecule has 0 aliphatic rings. The molecule has 0 fully saturated rings. The van der Waals surface area contributed by atoms with Crippen LogP contribution in [0, 0.1) is 0 Å². The van der Waals surface area contributed by atoms with Gasteiger partial charge in [0.25, 0.3) is 5.56 Å². The standard InChI is InChI=1S/C19H13ClN2OS/c20-15-8-6-13(7-9-15)10-22-12-21-17-16(11-24-18(17)19(22)23)14-4-2-1-3-5-14/h1-9,11-12H,10H2. The van der Waals surface area contributed by atoms with E-state index in [9.17, 15) is 4.79 Å². The van der Waals surface area contributed by atoms with Crippen LogP contribution in [0.2, 0.25) is 5.02 Å². The molecular weight excluding hydrogens is 340 g/mol. The third kappa shape index (κ3) is 2.75. The quantitative estimate of drug-likeness (QED) is 0.529. The molecule has 0 saturated carbocycles. The third-order valence-corrected chi connectivity index (χ3v) is 5.11. The highest BCUT2D eigenvalue weighted by molar-refractivity contribution is 7.17. The van der Waals surface area contributed by atoms with Gasteiger partial charge in [-0.1, -0.05) is 54.1 Å². The molecule has 0 spiro atoms. The SMILES string of the molecule is O=c1c2scc(-c3ccccc3)c2ncn1Cc1ccc(Cl)cc1. The molecule has 0 aliphatic heterocycles. The number of fused-ring (bicyclic) bond motifs is 1. The van der Waals surface area contributed by atoms with Crippen LogP contribution < -0.4 is 5.56 Å². The van der Waals surface area contributed by atoms with Crippen LogP contribution in [0.25, 0.3) is 21.3 Å². The number of aromatic nitrogens is 2. The summed E-state index contributed by atoms with van der Waals surface area (Å²) in [6, 6.07) is 17.5. The predicted molar refractivity (Wildman–Crippen MR) is 99.9 cm³/mol. The number of thiophene rings is 1. The largest absolute Gasteiger partial charge is 0.294 e. The van der Waals surface area contributed by atoms with Crippen LogP contribution in [0.1, 0.15) is 5.56 Å². The fourth-order valence-corrected chi connectivity index (χ4v) is 3.77. The van der Waals surface area contributed by atoms with Gasteiger partial charge in [-0.05, 0) is 23.3 Å². The minimum absolute atomic E-state index is 0.0119. The van der Waals surface area contributed by atoms with Crippen molar-refractivity contribution in [3.8, 4) is 11.1 Å². The molecule has 0 saturated heterocycles. The summed E-state index contributed by atoms with van der Waals surface area (Å²) >= 11 is 7.35. The van der Waals surface area contributed by atoms with Crippen LogP contribution in [0.15, 0.2) is 71.1 Å². The van der Waals surface area contributed by atoms with Gasteiger partial charge in [0.1, 0.15) is 4.70 Å². The lowest BCUT2D eigenvalue weighted by atomic mass is 10.1. The van der Waals surface area contributed by atoms with Gasteiger partial charge in [0.15, 0.2) is 0 Å². The van der Waals surface area contributed by atoms with Crippen molar-refractivity contribution in [1.29, 1.82) is 0 Å². The van der Waals surface area contributed by atoms with Gasteiger partial charge in [-0.25, -0.2) is 4.98 Å². The van der Waals surface area contributed by atoms with Crippen LogP contribution in [0.5, 0.6) is 0 Å². The Labute approximate surface area is 147 Å². The second-order valence-corrected chi connectivity index (χ2v) is 6.81.